The van der Waals surface area contributed by atoms with Crippen LogP contribution in [0.25, 0.3) is 5.57 Å². The van der Waals surface area contributed by atoms with E-state index < -0.39 is 0 Å². The molecule has 5 heteroatoms. The van der Waals surface area contributed by atoms with E-state index in [1.807, 2.05) is 66.9 Å². The van der Waals surface area contributed by atoms with Crippen molar-refractivity contribution in [2.45, 2.75) is 6.92 Å². The van der Waals surface area contributed by atoms with Crippen LogP contribution in [0.15, 0.2) is 66.2 Å². The van der Waals surface area contributed by atoms with Crippen LogP contribution < -0.4 is 10.6 Å². The van der Waals surface area contributed by atoms with Gasteiger partial charge in [-0.2, -0.15) is 5.26 Å². The third-order valence-electron chi connectivity index (χ3n) is 3.28. The molecule has 0 fully saturated rings. The van der Waals surface area contributed by atoms with E-state index in [-0.39, 0.29) is 0 Å². The van der Waals surface area contributed by atoms with E-state index in [0.717, 1.165) is 27.8 Å². The monoisotopic (exact) mass is 332 g/mol. The molecule has 0 aliphatic carbocycles. The molecule has 0 spiro atoms. The first-order valence-electron chi connectivity index (χ1n) is 7.46. The van der Waals surface area contributed by atoms with E-state index in [4.69, 9.17) is 0 Å². The van der Waals surface area contributed by atoms with Crippen molar-refractivity contribution in [1.29, 1.82) is 5.26 Å². The lowest BCUT2D eigenvalue weighted by Gasteiger charge is -2.08. The molecule has 3 rings (SSSR count). The number of para-hydroxylation sites is 1. The lowest BCUT2D eigenvalue weighted by atomic mass is 10.2. The predicted molar refractivity (Wildman–Crippen MR) is 100 cm³/mol. The molecule has 0 saturated carbocycles. The van der Waals surface area contributed by atoms with Gasteiger partial charge in [-0.05, 0) is 37.3 Å². The molecule has 0 bridgehead atoms. The zero-order valence-corrected chi connectivity index (χ0v) is 14.0. The molecule has 0 atom stereocenters. The fourth-order valence-corrected chi connectivity index (χ4v) is 2.91. The summed E-state index contributed by atoms with van der Waals surface area (Å²) in [5.41, 5.74) is 4.35. The molecular formula is C19H16N4S. The fourth-order valence-electron chi connectivity index (χ4n) is 2.15. The standard InChI is InChI=1S/C19H16N4S/c1-14-13-24-19(22-14)15(11-20)12-21-17-8-5-9-18(10-17)23-16-6-3-2-4-7-16/h2-10,12-13,21,23H,1H3/b15-12+. The predicted octanol–water partition coefficient (Wildman–Crippen LogP) is 5.17. The van der Waals surface area contributed by atoms with E-state index in [1.54, 1.807) is 6.20 Å². The minimum atomic E-state index is 0.523. The number of hydrogen-bond acceptors (Lipinski definition) is 5. The van der Waals surface area contributed by atoms with Gasteiger partial charge in [0.1, 0.15) is 16.6 Å². The van der Waals surface area contributed by atoms with E-state index in [0.29, 0.717) is 5.57 Å². The van der Waals surface area contributed by atoms with Crippen LogP contribution in [-0.4, -0.2) is 4.98 Å². The molecule has 3 aromatic rings. The number of benzene rings is 2. The van der Waals surface area contributed by atoms with Gasteiger partial charge in [0.25, 0.3) is 0 Å². The van der Waals surface area contributed by atoms with Crippen LogP contribution in [0.5, 0.6) is 0 Å². The van der Waals surface area contributed by atoms with Gasteiger partial charge >= 0.3 is 0 Å². The number of thiazole rings is 1. The lowest BCUT2D eigenvalue weighted by molar-refractivity contribution is 1.24. The number of aromatic nitrogens is 1. The maximum absolute atomic E-state index is 9.31. The number of hydrogen-bond donors (Lipinski definition) is 2. The van der Waals surface area contributed by atoms with Crippen molar-refractivity contribution in [2.75, 3.05) is 10.6 Å². The number of nitriles is 1. The van der Waals surface area contributed by atoms with Crippen LogP contribution in [0.1, 0.15) is 10.7 Å². The first-order chi connectivity index (χ1) is 11.7. The summed E-state index contributed by atoms with van der Waals surface area (Å²) in [5, 5.41) is 18.5. The van der Waals surface area contributed by atoms with Gasteiger partial charge in [-0.3, -0.25) is 0 Å². The molecule has 24 heavy (non-hydrogen) atoms. The number of anilines is 3. The van der Waals surface area contributed by atoms with Gasteiger partial charge in [-0.25, -0.2) is 4.98 Å². The van der Waals surface area contributed by atoms with Gasteiger partial charge in [0.2, 0.25) is 0 Å². The smallest absolute Gasteiger partial charge is 0.135 e. The first kappa shape index (κ1) is 15.8. The van der Waals surface area contributed by atoms with Crippen molar-refractivity contribution in [1.82, 2.24) is 4.98 Å². The van der Waals surface area contributed by atoms with Gasteiger partial charge in [0.05, 0.1) is 0 Å². The molecule has 0 aliphatic heterocycles. The van der Waals surface area contributed by atoms with Crippen LogP contribution >= 0.6 is 11.3 Å². The molecule has 1 heterocycles. The number of rotatable bonds is 5. The van der Waals surface area contributed by atoms with Crippen molar-refractivity contribution in [3.05, 3.63) is 76.9 Å². The molecule has 0 aliphatic rings. The SMILES string of the molecule is Cc1csc(/C(C#N)=C/Nc2cccc(Nc3ccccc3)c2)n1. The van der Waals surface area contributed by atoms with E-state index >= 15 is 0 Å². The zero-order valence-electron chi connectivity index (χ0n) is 13.2. The Labute approximate surface area is 145 Å². The highest BCUT2D eigenvalue weighted by atomic mass is 32.1. The maximum atomic E-state index is 9.31. The van der Waals surface area contributed by atoms with Crippen molar-refractivity contribution >= 4 is 34.0 Å². The van der Waals surface area contributed by atoms with E-state index in [2.05, 4.69) is 21.7 Å². The van der Waals surface area contributed by atoms with Crippen LogP contribution in [0.2, 0.25) is 0 Å². The van der Waals surface area contributed by atoms with Gasteiger partial charge in [-0.1, -0.05) is 24.3 Å². The highest BCUT2D eigenvalue weighted by Gasteiger charge is 2.05. The Morgan fingerprint density at radius 3 is 2.54 bits per heavy atom. The summed E-state index contributed by atoms with van der Waals surface area (Å²) in [6, 6.07) is 20.1. The Morgan fingerprint density at radius 1 is 1.08 bits per heavy atom. The zero-order chi connectivity index (χ0) is 16.8. The highest BCUT2D eigenvalue weighted by molar-refractivity contribution is 7.10. The molecular weight excluding hydrogens is 316 g/mol. The van der Waals surface area contributed by atoms with Crippen LogP contribution in [0, 0.1) is 18.3 Å². The molecule has 1 aromatic heterocycles. The Hall–Kier alpha value is -3.10. The topological polar surface area (TPSA) is 60.7 Å². The van der Waals surface area contributed by atoms with Crippen molar-refractivity contribution in [2.24, 2.45) is 0 Å². The summed E-state index contributed by atoms with van der Waals surface area (Å²) in [7, 11) is 0. The normalized spacial score (nSPS) is 10.9. The lowest BCUT2D eigenvalue weighted by Crippen LogP contribution is -1.94. The molecule has 4 nitrogen and oxygen atoms in total. The van der Waals surface area contributed by atoms with E-state index in [9.17, 15) is 5.26 Å². The number of nitrogens with one attached hydrogen (secondary N) is 2. The molecule has 2 aromatic carbocycles. The summed E-state index contributed by atoms with van der Waals surface area (Å²) in [4.78, 5) is 4.34. The average Bonchev–Trinajstić information content (AvgIpc) is 3.03. The third kappa shape index (κ3) is 4.00. The second-order valence-electron chi connectivity index (χ2n) is 5.18. The second kappa shape index (κ2) is 7.44. The van der Waals surface area contributed by atoms with Crippen LogP contribution in [-0.2, 0) is 0 Å². The summed E-state index contributed by atoms with van der Waals surface area (Å²) >= 11 is 1.47. The van der Waals surface area contributed by atoms with Crippen molar-refractivity contribution in [3.8, 4) is 6.07 Å². The van der Waals surface area contributed by atoms with Gasteiger partial charge in [-0.15, -0.1) is 11.3 Å². The number of allylic oxidation sites excluding steroid dienone is 1. The maximum Gasteiger partial charge on any atom is 0.135 e. The van der Waals surface area contributed by atoms with Crippen LogP contribution in [0.3, 0.4) is 0 Å². The summed E-state index contributed by atoms with van der Waals surface area (Å²) in [5.74, 6) is 0. The van der Waals surface area contributed by atoms with Gasteiger partial charge in [0.15, 0.2) is 0 Å². The van der Waals surface area contributed by atoms with Crippen molar-refractivity contribution in [3.63, 3.8) is 0 Å². The summed E-state index contributed by atoms with van der Waals surface area (Å²) in [6.07, 6.45) is 1.69. The summed E-state index contributed by atoms with van der Waals surface area (Å²) < 4.78 is 0. The summed E-state index contributed by atoms with van der Waals surface area (Å²) in [6.45, 7) is 1.92. The Balaban J connectivity index is 1.74. The number of aryl methyl sites for hydroxylation is 1. The van der Waals surface area contributed by atoms with Crippen molar-refractivity contribution < 1.29 is 0 Å². The number of nitrogens with zero attached hydrogens (tertiary/aromatic N) is 2. The third-order valence-corrected chi connectivity index (χ3v) is 4.27. The average molecular weight is 332 g/mol. The van der Waals surface area contributed by atoms with Gasteiger partial charge < -0.3 is 10.6 Å². The molecule has 0 saturated heterocycles. The minimum Gasteiger partial charge on any atom is -0.360 e. The molecule has 0 radical (unpaired) electrons. The van der Waals surface area contributed by atoms with E-state index in [1.165, 1.54) is 11.3 Å². The highest BCUT2D eigenvalue weighted by Crippen LogP contribution is 2.22. The quantitative estimate of drug-likeness (QED) is 0.633. The Bertz CT molecular complexity index is 891. The Morgan fingerprint density at radius 2 is 1.83 bits per heavy atom. The van der Waals surface area contributed by atoms with Gasteiger partial charge in [0, 0.05) is 34.3 Å². The second-order valence-corrected chi connectivity index (χ2v) is 6.04. The fraction of sp³-hybridized carbons (Fsp3) is 0.0526. The largest absolute Gasteiger partial charge is 0.360 e. The minimum absolute atomic E-state index is 0.523. The molecule has 0 unspecified atom stereocenters. The first-order valence-corrected chi connectivity index (χ1v) is 8.34. The van der Waals surface area contributed by atoms with Crippen LogP contribution in [0.4, 0.5) is 17.1 Å². The molecule has 118 valence electrons. The molecule has 0 amide bonds. The Kier molecular flexibility index (Phi) is 4.90. The molecule has 2 N–H and O–H groups in total.